The molecule has 5 heteroatoms. The van der Waals surface area contributed by atoms with E-state index in [1.807, 2.05) is 41.0 Å². The normalized spacial score (nSPS) is 10.7. The van der Waals surface area contributed by atoms with Crippen LogP contribution < -0.4 is 0 Å². The molecule has 3 nitrogen and oxygen atoms in total. The standard InChI is InChI=1S/C16H11Cl2N3/c17-12-6-5-11(13(18)9-12)10-21-15-4-2-1-3-14(15)20-16(21)7-8-19/h1-6,9H,7,10H2. The van der Waals surface area contributed by atoms with Crippen molar-refractivity contribution in [2.45, 2.75) is 13.0 Å². The third kappa shape index (κ3) is 2.73. The number of imidazole rings is 1. The van der Waals surface area contributed by atoms with Crippen molar-refractivity contribution in [2.75, 3.05) is 0 Å². The van der Waals surface area contributed by atoms with Crippen LogP contribution in [0.2, 0.25) is 10.0 Å². The zero-order chi connectivity index (χ0) is 14.8. The monoisotopic (exact) mass is 315 g/mol. The maximum Gasteiger partial charge on any atom is 0.124 e. The average molecular weight is 316 g/mol. The molecule has 104 valence electrons. The number of benzene rings is 2. The molecule has 0 aliphatic rings. The van der Waals surface area contributed by atoms with Gasteiger partial charge in [0.05, 0.1) is 30.1 Å². The Bertz CT molecular complexity index is 846. The van der Waals surface area contributed by atoms with Crippen LogP contribution in [0.25, 0.3) is 11.0 Å². The van der Waals surface area contributed by atoms with Crippen molar-refractivity contribution < 1.29 is 0 Å². The number of para-hydroxylation sites is 2. The highest BCUT2D eigenvalue weighted by Gasteiger charge is 2.12. The van der Waals surface area contributed by atoms with E-state index in [-0.39, 0.29) is 6.42 Å². The van der Waals surface area contributed by atoms with E-state index < -0.39 is 0 Å². The number of nitriles is 1. The first kappa shape index (κ1) is 13.9. The van der Waals surface area contributed by atoms with Crippen LogP contribution in [0.15, 0.2) is 42.5 Å². The molecule has 0 saturated carbocycles. The maximum absolute atomic E-state index is 8.98. The van der Waals surface area contributed by atoms with Crippen molar-refractivity contribution in [2.24, 2.45) is 0 Å². The lowest BCUT2D eigenvalue weighted by atomic mass is 10.2. The Balaban J connectivity index is 2.10. The molecule has 0 atom stereocenters. The number of hydrogen-bond donors (Lipinski definition) is 0. The Kier molecular flexibility index (Phi) is 3.83. The van der Waals surface area contributed by atoms with Crippen LogP contribution >= 0.6 is 23.2 Å². The van der Waals surface area contributed by atoms with Crippen molar-refractivity contribution >= 4 is 34.2 Å². The van der Waals surface area contributed by atoms with Gasteiger partial charge in [0, 0.05) is 10.0 Å². The van der Waals surface area contributed by atoms with E-state index in [1.54, 1.807) is 6.07 Å². The fourth-order valence-corrected chi connectivity index (χ4v) is 2.80. The van der Waals surface area contributed by atoms with Gasteiger partial charge in [0.15, 0.2) is 0 Å². The van der Waals surface area contributed by atoms with Gasteiger partial charge in [-0.25, -0.2) is 4.98 Å². The molecule has 0 bridgehead atoms. The summed E-state index contributed by atoms with van der Waals surface area (Å²) in [5, 5.41) is 10.2. The van der Waals surface area contributed by atoms with E-state index in [2.05, 4.69) is 11.1 Å². The van der Waals surface area contributed by atoms with Gasteiger partial charge in [-0.05, 0) is 29.8 Å². The molecular weight excluding hydrogens is 305 g/mol. The molecule has 1 aromatic heterocycles. The SMILES string of the molecule is N#CCc1nc2ccccc2n1Cc1ccc(Cl)cc1Cl. The van der Waals surface area contributed by atoms with E-state index in [1.165, 1.54) is 0 Å². The molecule has 0 spiro atoms. The summed E-state index contributed by atoms with van der Waals surface area (Å²) in [6, 6.07) is 15.4. The van der Waals surface area contributed by atoms with Crippen molar-refractivity contribution in [1.82, 2.24) is 9.55 Å². The second-order valence-corrected chi connectivity index (χ2v) is 5.52. The molecule has 0 unspecified atom stereocenters. The summed E-state index contributed by atoms with van der Waals surface area (Å²) >= 11 is 12.2. The van der Waals surface area contributed by atoms with Gasteiger partial charge in [-0.2, -0.15) is 5.26 Å². The van der Waals surface area contributed by atoms with Gasteiger partial charge in [0.25, 0.3) is 0 Å². The van der Waals surface area contributed by atoms with Crippen LogP contribution in [0.1, 0.15) is 11.4 Å². The van der Waals surface area contributed by atoms with Gasteiger partial charge in [-0.1, -0.05) is 41.4 Å². The van der Waals surface area contributed by atoms with Gasteiger partial charge >= 0.3 is 0 Å². The Morgan fingerprint density at radius 1 is 1.14 bits per heavy atom. The fourth-order valence-electron chi connectivity index (χ4n) is 2.33. The van der Waals surface area contributed by atoms with Gasteiger partial charge in [-0.15, -0.1) is 0 Å². The quantitative estimate of drug-likeness (QED) is 0.716. The highest BCUT2D eigenvalue weighted by molar-refractivity contribution is 6.35. The first-order valence-electron chi connectivity index (χ1n) is 6.44. The lowest BCUT2D eigenvalue weighted by Gasteiger charge is -2.09. The molecule has 3 rings (SSSR count). The minimum atomic E-state index is 0.264. The lowest BCUT2D eigenvalue weighted by Crippen LogP contribution is -2.05. The molecule has 21 heavy (non-hydrogen) atoms. The Hall–Kier alpha value is -2.02. The Labute approximate surface area is 132 Å². The van der Waals surface area contributed by atoms with E-state index >= 15 is 0 Å². The summed E-state index contributed by atoms with van der Waals surface area (Å²) < 4.78 is 2.02. The predicted octanol–water partition coefficient (Wildman–Crippen LogP) is 4.46. The summed E-state index contributed by atoms with van der Waals surface area (Å²) in [4.78, 5) is 4.52. The lowest BCUT2D eigenvalue weighted by molar-refractivity contribution is 0.770. The van der Waals surface area contributed by atoms with Crippen molar-refractivity contribution in [3.8, 4) is 6.07 Å². The number of nitrogens with zero attached hydrogens (tertiary/aromatic N) is 3. The predicted molar refractivity (Wildman–Crippen MR) is 84.6 cm³/mol. The fraction of sp³-hybridized carbons (Fsp3) is 0.125. The van der Waals surface area contributed by atoms with Gasteiger partial charge in [0.2, 0.25) is 0 Å². The summed E-state index contributed by atoms with van der Waals surface area (Å²) in [6.45, 7) is 0.563. The molecule has 0 N–H and O–H groups in total. The van der Waals surface area contributed by atoms with E-state index in [4.69, 9.17) is 28.5 Å². The molecular formula is C16H11Cl2N3. The molecule has 0 fully saturated rings. The van der Waals surface area contributed by atoms with Crippen molar-refractivity contribution in [1.29, 1.82) is 5.26 Å². The topological polar surface area (TPSA) is 41.6 Å². The molecule has 3 aromatic rings. The van der Waals surface area contributed by atoms with Gasteiger partial charge < -0.3 is 4.57 Å². The van der Waals surface area contributed by atoms with Crippen LogP contribution in [0, 0.1) is 11.3 Å². The Morgan fingerprint density at radius 2 is 1.95 bits per heavy atom. The average Bonchev–Trinajstić information content (AvgIpc) is 2.80. The molecule has 2 aromatic carbocycles. The number of fused-ring (bicyclic) bond motifs is 1. The number of hydrogen-bond acceptors (Lipinski definition) is 2. The van der Waals surface area contributed by atoms with Crippen LogP contribution in [0.4, 0.5) is 0 Å². The van der Waals surface area contributed by atoms with Crippen LogP contribution in [0.3, 0.4) is 0 Å². The molecule has 0 amide bonds. The van der Waals surface area contributed by atoms with Crippen LogP contribution in [0.5, 0.6) is 0 Å². The molecule has 0 aliphatic carbocycles. The summed E-state index contributed by atoms with van der Waals surface area (Å²) in [5.74, 6) is 0.740. The van der Waals surface area contributed by atoms with E-state index in [9.17, 15) is 0 Å². The van der Waals surface area contributed by atoms with Gasteiger partial charge in [0.1, 0.15) is 5.82 Å². The number of aromatic nitrogens is 2. The molecule has 0 radical (unpaired) electrons. The first-order valence-corrected chi connectivity index (χ1v) is 7.19. The van der Waals surface area contributed by atoms with Gasteiger partial charge in [-0.3, -0.25) is 0 Å². The van der Waals surface area contributed by atoms with Crippen molar-refractivity contribution in [3.05, 3.63) is 63.9 Å². The number of halogens is 2. The smallest absolute Gasteiger partial charge is 0.124 e. The van der Waals surface area contributed by atoms with Crippen molar-refractivity contribution in [3.63, 3.8) is 0 Å². The summed E-state index contributed by atoms with van der Waals surface area (Å²) in [6.07, 6.45) is 0.264. The van der Waals surface area contributed by atoms with Crippen LogP contribution in [-0.4, -0.2) is 9.55 Å². The maximum atomic E-state index is 8.98. The summed E-state index contributed by atoms with van der Waals surface area (Å²) in [5.41, 5.74) is 2.82. The number of rotatable bonds is 3. The summed E-state index contributed by atoms with van der Waals surface area (Å²) in [7, 11) is 0. The zero-order valence-corrected chi connectivity index (χ0v) is 12.6. The highest BCUT2D eigenvalue weighted by atomic mass is 35.5. The molecule has 0 saturated heterocycles. The minimum absolute atomic E-state index is 0.264. The highest BCUT2D eigenvalue weighted by Crippen LogP contribution is 2.24. The third-order valence-corrected chi connectivity index (χ3v) is 3.90. The van der Waals surface area contributed by atoms with E-state index in [0.717, 1.165) is 22.4 Å². The minimum Gasteiger partial charge on any atom is -0.323 e. The second kappa shape index (κ2) is 5.77. The second-order valence-electron chi connectivity index (χ2n) is 4.67. The third-order valence-electron chi connectivity index (χ3n) is 3.31. The molecule has 1 heterocycles. The van der Waals surface area contributed by atoms with E-state index in [0.29, 0.717) is 16.6 Å². The van der Waals surface area contributed by atoms with Crippen LogP contribution in [-0.2, 0) is 13.0 Å². The first-order chi connectivity index (χ1) is 10.2. The Morgan fingerprint density at radius 3 is 2.71 bits per heavy atom. The zero-order valence-electron chi connectivity index (χ0n) is 11.1. The largest absolute Gasteiger partial charge is 0.323 e. The molecule has 0 aliphatic heterocycles.